The van der Waals surface area contributed by atoms with Gasteiger partial charge in [0.2, 0.25) is 0 Å². The Morgan fingerprint density at radius 2 is 2.40 bits per heavy atom. The van der Waals surface area contributed by atoms with Crippen LogP contribution in [0.1, 0.15) is 26.2 Å². The average molecular weight is 209 g/mol. The number of nitrogens with zero attached hydrogens (tertiary/aromatic N) is 1. The molecule has 2 rings (SSSR count). The molecule has 0 amide bonds. The Labute approximate surface area is 91.1 Å². The van der Waals surface area contributed by atoms with Crippen LogP contribution in [0.25, 0.3) is 0 Å². The maximum Gasteiger partial charge on any atom is 0.166 e. The van der Waals surface area contributed by atoms with Crippen LogP contribution in [0.15, 0.2) is 12.2 Å². The SMILES string of the molecule is C=C(C)CC(=O)C1CN2CCCC2CO1. The lowest BCUT2D eigenvalue weighted by molar-refractivity contribution is -0.137. The predicted octanol–water partition coefficient (Wildman–Crippen LogP) is 1.38. The van der Waals surface area contributed by atoms with Crippen LogP contribution in [-0.4, -0.2) is 42.5 Å². The summed E-state index contributed by atoms with van der Waals surface area (Å²) in [5.41, 5.74) is 0.923. The lowest BCUT2D eigenvalue weighted by atomic mass is 10.1. The summed E-state index contributed by atoms with van der Waals surface area (Å²) in [4.78, 5) is 14.2. The quantitative estimate of drug-likeness (QED) is 0.658. The van der Waals surface area contributed by atoms with Gasteiger partial charge in [0.05, 0.1) is 6.61 Å². The molecule has 0 aromatic rings. The highest BCUT2D eigenvalue weighted by Gasteiger charge is 2.34. The van der Waals surface area contributed by atoms with Gasteiger partial charge >= 0.3 is 0 Å². The number of ketones is 1. The zero-order chi connectivity index (χ0) is 10.8. The number of ether oxygens (including phenoxy) is 1. The molecule has 0 aromatic carbocycles. The fourth-order valence-electron chi connectivity index (χ4n) is 2.42. The fourth-order valence-corrected chi connectivity index (χ4v) is 2.42. The molecule has 3 heteroatoms. The van der Waals surface area contributed by atoms with Crippen molar-refractivity contribution in [2.75, 3.05) is 19.7 Å². The van der Waals surface area contributed by atoms with Crippen LogP contribution in [0, 0.1) is 0 Å². The number of hydrogen-bond acceptors (Lipinski definition) is 3. The van der Waals surface area contributed by atoms with Gasteiger partial charge in [-0.15, -0.1) is 0 Å². The summed E-state index contributed by atoms with van der Waals surface area (Å²) in [5.74, 6) is 0.188. The molecule has 0 spiro atoms. The zero-order valence-electron chi connectivity index (χ0n) is 9.37. The van der Waals surface area contributed by atoms with E-state index in [0.717, 1.165) is 25.3 Å². The van der Waals surface area contributed by atoms with Crippen molar-refractivity contribution in [2.24, 2.45) is 0 Å². The van der Waals surface area contributed by atoms with Crippen LogP contribution in [0.3, 0.4) is 0 Å². The largest absolute Gasteiger partial charge is 0.367 e. The molecule has 84 valence electrons. The van der Waals surface area contributed by atoms with Crippen LogP contribution in [0.2, 0.25) is 0 Å². The van der Waals surface area contributed by atoms with E-state index in [1.165, 1.54) is 12.8 Å². The van der Waals surface area contributed by atoms with Crippen molar-refractivity contribution in [3.63, 3.8) is 0 Å². The topological polar surface area (TPSA) is 29.5 Å². The molecule has 15 heavy (non-hydrogen) atoms. The Kier molecular flexibility index (Phi) is 3.22. The molecule has 2 saturated heterocycles. The van der Waals surface area contributed by atoms with Crippen molar-refractivity contribution in [3.05, 3.63) is 12.2 Å². The number of Topliss-reactive ketones (excluding diaryl/α,β-unsaturated/α-hetero) is 1. The highest BCUT2D eigenvalue weighted by atomic mass is 16.5. The molecule has 2 atom stereocenters. The summed E-state index contributed by atoms with van der Waals surface area (Å²) >= 11 is 0. The maximum atomic E-state index is 11.8. The molecule has 2 fully saturated rings. The van der Waals surface area contributed by atoms with E-state index in [9.17, 15) is 4.79 Å². The van der Waals surface area contributed by atoms with Crippen molar-refractivity contribution < 1.29 is 9.53 Å². The second-order valence-corrected chi connectivity index (χ2v) is 4.71. The van der Waals surface area contributed by atoms with Crippen molar-refractivity contribution in [1.82, 2.24) is 4.90 Å². The van der Waals surface area contributed by atoms with E-state index < -0.39 is 0 Å². The molecule has 0 N–H and O–H groups in total. The normalized spacial score (nSPS) is 31.3. The molecule has 0 radical (unpaired) electrons. The summed E-state index contributed by atoms with van der Waals surface area (Å²) in [5, 5.41) is 0. The van der Waals surface area contributed by atoms with Gasteiger partial charge in [-0.1, -0.05) is 12.2 Å². The molecule has 0 saturated carbocycles. The Hall–Kier alpha value is -0.670. The molecular weight excluding hydrogens is 190 g/mol. The summed E-state index contributed by atoms with van der Waals surface area (Å²) in [7, 11) is 0. The summed E-state index contributed by atoms with van der Waals surface area (Å²) in [6, 6.07) is 0.568. The first kappa shape index (κ1) is 10.8. The van der Waals surface area contributed by atoms with E-state index in [0.29, 0.717) is 12.5 Å². The molecule has 2 unspecified atom stereocenters. The molecule has 0 aliphatic carbocycles. The molecular formula is C12H19NO2. The zero-order valence-corrected chi connectivity index (χ0v) is 9.37. The van der Waals surface area contributed by atoms with E-state index in [4.69, 9.17) is 4.74 Å². The molecule has 2 aliphatic rings. The number of hydrogen-bond donors (Lipinski definition) is 0. The van der Waals surface area contributed by atoms with Crippen molar-refractivity contribution in [1.29, 1.82) is 0 Å². The lowest BCUT2D eigenvalue weighted by Crippen LogP contribution is -2.49. The van der Waals surface area contributed by atoms with Crippen LogP contribution in [0.4, 0.5) is 0 Å². The van der Waals surface area contributed by atoms with Crippen LogP contribution in [0.5, 0.6) is 0 Å². The summed E-state index contributed by atoms with van der Waals surface area (Å²) in [6.45, 7) is 8.30. The summed E-state index contributed by atoms with van der Waals surface area (Å²) < 4.78 is 5.62. The number of rotatable bonds is 3. The minimum atomic E-state index is -0.212. The van der Waals surface area contributed by atoms with E-state index in [1.807, 2.05) is 6.92 Å². The van der Waals surface area contributed by atoms with Crippen LogP contribution < -0.4 is 0 Å². The lowest BCUT2D eigenvalue weighted by Gasteiger charge is -2.34. The van der Waals surface area contributed by atoms with Crippen LogP contribution in [-0.2, 0) is 9.53 Å². The van der Waals surface area contributed by atoms with E-state index in [2.05, 4.69) is 11.5 Å². The third kappa shape index (κ3) is 2.47. The van der Waals surface area contributed by atoms with Gasteiger partial charge in [0.25, 0.3) is 0 Å². The molecule has 2 aliphatic heterocycles. The van der Waals surface area contributed by atoms with Crippen molar-refractivity contribution in [3.8, 4) is 0 Å². The van der Waals surface area contributed by atoms with E-state index in [1.54, 1.807) is 0 Å². The second kappa shape index (κ2) is 4.45. The first-order valence-electron chi connectivity index (χ1n) is 5.69. The summed E-state index contributed by atoms with van der Waals surface area (Å²) in [6.07, 6.45) is 2.72. The Balaban J connectivity index is 1.89. The number of allylic oxidation sites excluding steroid dienone is 1. The number of carbonyl (C=O) groups excluding carboxylic acids is 1. The highest BCUT2D eigenvalue weighted by Crippen LogP contribution is 2.23. The third-order valence-corrected chi connectivity index (χ3v) is 3.22. The van der Waals surface area contributed by atoms with Crippen molar-refractivity contribution >= 4 is 5.78 Å². The minimum absolute atomic E-state index is 0.188. The Bertz CT molecular complexity index is 275. The Morgan fingerprint density at radius 3 is 3.13 bits per heavy atom. The smallest absolute Gasteiger partial charge is 0.166 e. The monoisotopic (exact) mass is 209 g/mol. The first-order chi connectivity index (χ1) is 7.16. The first-order valence-corrected chi connectivity index (χ1v) is 5.69. The fraction of sp³-hybridized carbons (Fsp3) is 0.750. The predicted molar refractivity (Wildman–Crippen MR) is 58.8 cm³/mol. The standard InChI is InChI=1S/C12H19NO2/c1-9(2)6-11(14)12-7-13-5-3-4-10(13)8-15-12/h10,12H,1,3-8H2,2H3. The third-order valence-electron chi connectivity index (χ3n) is 3.22. The molecule has 3 nitrogen and oxygen atoms in total. The average Bonchev–Trinajstić information content (AvgIpc) is 2.62. The molecule has 0 bridgehead atoms. The van der Waals surface area contributed by atoms with Crippen molar-refractivity contribution in [2.45, 2.75) is 38.3 Å². The van der Waals surface area contributed by atoms with Gasteiger partial charge < -0.3 is 4.74 Å². The van der Waals surface area contributed by atoms with Gasteiger partial charge in [-0.25, -0.2) is 0 Å². The van der Waals surface area contributed by atoms with Gasteiger partial charge in [0, 0.05) is 19.0 Å². The van der Waals surface area contributed by atoms with Gasteiger partial charge in [0.1, 0.15) is 6.10 Å². The van der Waals surface area contributed by atoms with Gasteiger partial charge in [0.15, 0.2) is 5.78 Å². The second-order valence-electron chi connectivity index (χ2n) is 4.71. The van der Waals surface area contributed by atoms with Crippen LogP contribution >= 0.6 is 0 Å². The van der Waals surface area contributed by atoms with Gasteiger partial charge in [-0.3, -0.25) is 9.69 Å². The highest BCUT2D eigenvalue weighted by molar-refractivity contribution is 5.85. The van der Waals surface area contributed by atoms with Gasteiger partial charge in [-0.05, 0) is 26.3 Å². The maximum absolute atomic E-state index is 11.8. The van der Waals surface area contributed by atoms with E-state index in [-0.39, 0.29) is 11.9 Å². The number of morpholine rings is 1. The minimum Gasteiger partial charge on any atom is -0.367 e. The molecule has 0 aromatic heterocycles. The molecule has 2 heterocycles. The Morgan fingerprint density at radius 1 is 1.60 bits per heavy atom. The number of carbonyl (C=O) groups is 1. The number of fused-ring (bicyclic) bond motifs is 1. The van der Waals surface area contributed by atoms with Gasteiger partial charge in [-0.2, -0.15) is 0 Å². The van der Waals surface area contributed by atoms with E-state index >= 15 is 0 Å².